The van der Waals surface area contributed by atoms with E-state index in [9.17, 15) is 22.6 Å². The molecule has 9 nitrogen and oxygen atoms in total. The molecule has 1 aromatic carbocycles. The summed E-state index contributed by atoms with van der Waals surface area (Å²) in [5.41, 5.74) is 0.956. The van der Waals surface area contributed by atoms with E-state index in [0.717, 1.165) is 10.3 Å². The summed E-state index contributed by atoms with van der Waals surface area (Å²) in [5.74, 6) is 0.742. The quantitative estimate of drug-likeness (QED) is 0.474. The maximum Gasteiger partial charge on any atom is 0.371 e. The summed E-state index contributed by atoms with van der Waals surface area (Å²) in [6, 6.07) is 5.19. The molecule has 0 fully saturated rings. The van der Waals surface area contributed by atoms with Crippen LogP contribution >= 0.6 is 11.8 Å². The highest BCUT2D eigenvalue weighted by Gasteiger charge is 2.21. The molecule has 0 aliphatic heterocycles. The predicted molar refractivity (Wildman–Crippen MR) is 97.9 cm³/mol. The van der Waals surface area contributed by atoms with Crippen LogP contribution in [-0.2, 0) is 21.9 Å². The second-order valence-corrected chi connectivity index (χ2v) is 7.41. The van der Waals surface area contributed by atoms with E-state index in [4.69, 9.17) is 9.02 Å². The third kappa shape index (κ3) is 5.39. The van der Waals surface area contributed by atoms with Crippen molar-refractivity contribution in [3.63, 3.8) is 0 Å². The van der Waals surface area contributed by atoms with Crippen molar-refractivity contribution in [3.8, 4) is 6.01 Å². The van der Waals surface area contributed by atoms with E-state index in [0.29, 0.717) is 14.5 Å². The number of nitrogens with one attached hydrogen (secondary N) is 1. The minimum absolute atomic E-state index is 0.0408. The number of rotatable bonds is 9. The van der Waals surface area contributed by atoms with E-state index in [1.807, 2.05) is 12.4 Å². The van der Waals surface area contributed by atoms with Crippen LogP contribution in [0.5, 0.6) is 6.01 Å². The summed E-state index contributed by atoms with van der Waals surface area (Å²) in [4.78, 5) is 25.4. The number of halogens is 2. The molecule has 2 rings (SSSR count). The number of hydrogen-bond acceptors (Lipinski definition) is 7. The van der Waals surface area contributed by atoms with Crippen molar-refractivity contribution < 1.29 is 26.8 Å². The first-order valence-corrected chi connectivity index (χ1v) is 10.2. The highest BCUT2D eigenvalue weighted by atomic mass is 32.2. The Morgan fingerprint density at radius 2 is 2.07 bits per heavy atom. The molecule has 154 valence electrons. The third-order valence-corrected chi connectivity index (χ3v) is 5.24. The Balaban J connectivity index is 2.11. The van der Waals surface area contributed by atoms with Gasteiger partial charge in [-0.15, -0.1) is 21.5 Å². The molecule has 1 heterocycles. The standard InChI is InChI=1S/C15H18F2N4O5S2/c1-3-20-14(25-9-12(16)17)18-21(15(20)23)13(22)19-26-28(24)11-8-6-5-7-10(11)27-4-2/h5-8,12H,3-4,9H2,1-2H3,(H,19,22). The Bertz CT molecular complexity index is 903. The normalized spacial score (nSPS) is 12.2. The average molecular weight is 436 g/mol. The van der Waals surface area contributed by atoms with Crippen LogP contribution in [0.2, 0.25) is 0 Å². The maximum absolute atomic E-state index is 12.3. The van der Waals surface area contributed by atoms with E-state index in [2.05, 4.69) is 5.10 Å². The predicted octanol–water partition coefficient (Wildman–Crippen LogP) is 2.03. The number of nitrogens with zero attached hydrogens (tertiary/aromatic N) is 3. The number of hydroxylamine groups is 1. The van der Waals surface area contributed by atoms with Crippen molar-refractivity contribution in [2.45, 2.75) is 36.6 Å². The van der Waals surface area contributed by atoms with Crippen LogP contribution in [0.3, 0.4) is 0 Å². The van der Waals surface area contributed by atoms with Crippen molar-refractivity contribution in [1.29, 1.82) is 0 Å². The fourth-order valence-corrected chi connectivity index (χ4v) is 3.79. The van der Waals surface area contributed by atoms with Gasteiger partial charge in [-0.1, -0.05) is 19.1 Å². The molecular formula is C15H18F2N4O5S2. The van der Waals surface area contributed by atoms with Crippen molar-refractivity contribution in [1.82, 2.24) is 19.8 Å². The van der Waals surface area contributed by atoms with Crippen molar-refractivity contribution in [3.05, 3.63) is 34.7 Å². The summed E-state index contributed by atoms with van der Waals surface area (Å²) in [7, 11) is 0. The van der Waals surface area contributed by atoms with Gasteiger partial charge in [-0.05, 0) is 24.8 Å². The molecule has 0 bridgehead atoms. The lowest BCUT2D eigenvalue weighted by molar-refractivity contribution is 0.0745. The van der Waals surface area contributed by atoms with Gasteiger partial charge in [0.15, 0.2) is 6.61 Å². The summed E-state index contributed by atoms with van der Waals surface area (Å²) >= 11 is -0.596. The summed E-state index contributed by atoms with van der Waals surface area (Å²) in [6.45, 7) is 2.54. The summed E-state index contributed by atoms with van der Waals surface area (Å²) < 4.78 is 47.7. The van der Waals surface area contributed by atoms with Crippen LogP contribution in [0, 0.1) is 0 Å². The Hall–Kier alpha value is -2.25. The van der Waals surface area contributed by atoms with E-state index < -0.39 is 41.8 Å². The second kappa shape index (κ2) is 10.3. The van der Waals surface area contributed by atoms with Gasteiger partial charge in [0.2, 0.25) is 11.1 Å². The van der Waals surface area contributed by atoms with Crippen LogP contribution in [-0.4, -0.2) is 43.4 Å². The maximum atomic E-state index is 12.3. The minimum atomic E-state index is -2.77. The first-order valence-electron chi connectivity index (χ1n) is 8.11. The molecule has 28 heavy (non-hydrogen) atoms. The van der Waals surface area contributed by atoms with Crippen LogP contribution in [0.1, 0.15) is 13.8 Å². The third-order valence-electron chi connectivity index (χ3n) is 3.21. The van der Waals surface area contributed by atoms with Crippen molar-refractivity contribution in [2.75, 3.05) is 12.4 Å². The molecule has 0 aliphatic carbocycles. The number of carbonyl (C=O) groups excluding carboxylic acids is 1. The molecular weight excluding hydrogens is 418 g/mol. The smallest absolute Gasteiger partial charge is 0.371 e. The number of hydrogen-bond donors (Lipinski definition) is 1. The number of benzene rings is 1. The van der Waals surface area contributed by atoms with Gasteiger partial charge in [0, 0.05) is 11.4 Å². The number of alkyl halides is 2. The molecule has 0 radical (unpaired) electrons. The van der Waals surface area contributed by atoms with Crippen molar-refractivity contribution in [2.24, 2.45) is 0 Å². The second-order valence-electron chi connectivity index (χ2n) is 5.03. The van der Waals surface area contributed by atoms with Crippen LogP contribution in [0.25, 0.3) is 0 Å². The highest BCUT2D eigenvalue weighted by molar-refractivity contribution is 7.99. The first kappa shape index (κ1) is 22.0. The largest absolute Gasteiger partial charge is 0.457 e. The zero-order chi connectivity index (χ0) is 20.7. The Kier molecular flexibility index (Phi) is 8.14. The Labute approximate surface area is 165 Å². The Morgan fingerprint density at radius 3 is 2.71 bits per heavy atom. The highest BCUT2D eigenvalue weighted by Crippen LogP contribution is 2.25. The molecule has 1 unspecified atom stereocenters. The molecule has 0 saturated carbocycles. The van der Waals surface area contributed by atoms with E-state index in [-0.39, 0.29) is 6.54 Å². The van der Waals surface area contributed by atoms with E-state index in [1.54, 1.807) is 31.2 Å². The fraction of sp³-hybridized carbons (Fsp3) is 0.400. The van der Waals surface area contributed by atoms with Gasteiger partial charge in [0.1, 0.15) is 0 Å². The molecule has 2 aromatic rings. The summed E-state index contributed by atoms with van der Waals surface area (Å²) in [5, 5.41) is 3.57. The van der Waals surface area contributed by atoms with E-state index in [1.165, 1.54) is 11.8 Å². The lowest BCUT2D eigenvalue weighted by Gasteiger charge is -2.07. The van der Waals surface area contributed by atoms with Crippen LogP contribution < -0.4 is 15.9 Å². The number of ether oxygens (including phenoxy) is 1. The topological polar surface area (TPSA) is 104 Å². The number of carbonyl (C=O) groups is 1. The molecule has 1 aromatic heterocycles. The molecule has 1 N–H and O–H groups in total. The molecule has 13 heteroatoms. The average Bonchev–Trinajstić information content (AvgIpc) is 3.00. The molecule has 1 amide bonds. The van der Waals surface area contributed by atoms with Gasteiger partial charge in [-0.2, -0.15) is 9.76 Å². The van der Waals surface area contributed by atoms with Gasteiger partial charge < -0.3 is 4.74 Å². The first-order chi connectivity index (χ1) is 13.4. The molecule has 0 aliphatic rings. The fourth-order valence-electron chi connectivity index (χ4n) is 2.05. The zero-order valence-corrected chi connectivity index (χ0v) is 16.6. The summed E-state index contributed by atoms with van der Waals surface area (Å²) in [6.07, 6.45) is -2.77. The van der Waals surface area contributed by atoms with Crippen molar-refractivity contribution >= 4 is 28.9 Å². The number of amides is 1. The molecule has 1 atom stereocenters. The Morgan fingerprint density at radius 1 is 1.36 bits per heavy atom. The van der Waals surface area contributed by atoms with E-state index >= 15 is 0 Å². The lowest BCUT2D eigenvalue weighted by Crippen LogP contribution is -2.38. The minimum Gasteiger partial charge on any atom is -0.457 e. The van der Waals surface area contributed by atoms with Gasteiger partial charge in [-0.25, -0.2) is 27.1 Å². The van der Waals surface area contributed by atoms with Gasteiger partial charge in [-0.3, -0.25) is 0 Å². The number of aromatic nitrogens is 3. The van der Waals surface area contributed by atoms with Gasteiger partial charge >= 0.3 is 17.7 Å². The van der Waals surface area contributed by atoms with Gasteiger partial charge in [0.25, 0.3) is 6.43 Å². The van der Waals surface area contributed by atoms with Crippen LogP contribution in [0.15, 0.2) is 38.9 Å². The van der Waals surface area contributed by atoms with Gasteiger partial charge in [0.05, 0.1) is 4.90 Å². The zero-order valence-electron chi connectivity index (χ0n) is 15.0. The SMILES string of the molecule is CCSc1ccccc1S(=O)ONC(=O)n1nc(OCC(F)F)n(CC)c1=O. The monoisotopic (exact) mass is 436 g/mol. The van der Waals surface area contributed by atoms with Crippen LogP contribution in [0.4, 0.5) is 13.6 Å². The molecule has 0 spiro atoms. The molecule has 0 saturated heterocycles. The lowest BCUT2D eigenvalue weighted by atomic mass is 10.4. The number of thioether (sulfide) groups is 1.